The van der Waals surface area contributed by atoms with Gasteiger partial charge in [-0.05, 0) is 46.1 Å². The van der Waals surface area contributed by atoms with Crippen molar-refractivity contribution in [2.24, 2.45) is 11.1 Å². The summed E-state index contributed by atoms with van der Waals surface area (Å²) in [7, 11) is -4.66. The number of nitrogens with two attached hydrogens (primary N) is 1. The highest BCUT2D eigenvalue weighted by molar-refractivity contribution is 7.80. The Hall–Kier alpha value is -0.540. The summed E-state index contributed by atoms with van der Waals surface area (Å²) in [6.45, 7) is 7.71. The molecule has 29 heavy (non-hydrogen) atoms. The van der Waals surface area contributed by atoms with Crippen LogP contribution in [0.15, 0.2) is 0 Å². The third kappa shape index (κ3) is 11.4. The molecule has 0 aliphatic rings. The third-order valence-electron chi connectivity index (χ3n) is 6.13. The molecule has 7 nitrogen and oxygen atoms in total. The largest absolute Gasteiger partial charge is 0.397 e. The maximum Gasteiger partial charge on any atom is 0.397 e. The van der Waals surface area contributed by atoms with E-state index in [1.165, 1.54) is 38.5 Å². The number of carbonyl (C=O) groups is 1. The van der Waals surface area contributed by atoms with Gasteiger partial charge in [-0.2, -0.15) is 8.42 Å². The van der Waals surface area contributed by atoms with Crippen LogP contribution in [0.5, 0.6) is 0 Å². The van der Waals surface area contributed by atoms with E-state index in [1.54, 1.807) is 20.8 Å². The lowest BCUT2D eigenvalue weighted by atomic mass is 9.66. The maximum atomic E-state index is 13.1. The normalized spacial score (nSPS) is 15.9. The lowest BCUT2D eigenvalue weighted by Gasteiger charge is -2.43. The van der Waals surface area contributed by atoms with Gasteiger partial charge in [-0.3, -0.25) is 9.35 Å². The van der Waals surface area contributed by atoms with Gasteiger partial charge in [0.25, 0.3) is 0 Å². The van der Waals surface area contributed by atoms with Crippen molar-refractivity contribution in [3.05, 3.63) is 0 Å². The molecule has 8 heteroatoms. The molecule has 0 rings (SSSR count). The summed E-state index contributed by atoms with van der Waals surface area (Å²) in [5.74, 6) is -0.0168. The second-order valence-electron chi connectivity index (χ2n) is 8.32. The van der Waals surface area contributed by atoms with Gasteiger partial charge in [-0.25, -0.2) is 4.18 Å². The number of hydrogen-bond acceptors (Lipinski definition) is 6. The average Bonchev–Trinajstić information content (AvgIpc) is 2.62. The lowest BCUT2D eigenvalue weighted by Crippen LogP contribution is -2.52. The Morgan fingerprint density at radius 1 is 0.931 bits per heavy atom. The minimum absolute atomic E-state index is 0. The molecule has 6 N–H and O–H groups in total. The van der Waals surface area contributed by atoms with Crippen LogP contribution in [-0.2, 0) is 19.4 Å². The first-order valence-corrected chi connectivity index (χ1v) is 12.3. The third-order valence-corrected chi connectivity index (χ3v) is 6.71. The summed E-state index contributed by atoms with van der Waals surface area (Å²) >= 11 is 0. The molecule has 0 amide bonds. The van der Waals surface area contributed by atoms with Crippen molar-refractivity contribution in [3.63, 3.8) is 0 Å². The molecule has 0 spiro atoms. The van der Waals surface area contributed by atoms with Crippen molar-refractivity contribution >= 4 is 16.2 Å². The Balaban J connectivity index is 0. The van der Waals surface area contributed by atoms with E-state index in [4.69, 9.17) is 9.92 Å². The van der Waals surface area contributed by atoms with Crippen LogP contribution in [0, 0.1) is 5.41 Å². The Bertz CT molecular complexity index is 541. The van der Waals surface area contributed by atoms with Crippen LogP contribution in [0.4, 0.5) is 0 Å². The van der Waals surface area contributed by atoms with Crippen molar-refractivity contribution in [2.75, 3.05) is 6.54 Å². The molecule has 0 aliphatic heterocycles. The smallest absolute Gasteiger partial charge is 0.344 e. The summed E-state index contributed by atoms with van der Waals surface area (Å²) in [5, 5.41) is 0. The first kappa shape index (κ1) is 30.7. The van der Waals surface area contributed by atoms with Crippen molar-refractivity contribution in [2.45, 2.75) is 117 Å². The van der Waals surface area contributed by atoms with Gasteiger partial charge in [-0.15, -0.1) is 0 Å². The quantitative estimate of drug-likeness (QED) is 0.193. The Labute approximate surface area is 179 Å². The molecule has 176 valence electrons. The Kier molecular flexibility index (Phi) is 16.2. The van der Waals surface area contributed by atoms with Crippen molar-refractivity contribution in [1.82, 2.24) is 6.15 Å². The molecule has 0 bridgehead atoms. The molecule has 0 aliphatic carbocycles. The predicted molar refractivity (Wildman–Crippen MR) is 120 cm³/mol. The zero-order valence-corrected chi connectivity index (χ0v) is 20.0. The number of carbonyl (C=O) groups excluding carboxylic acids is 1. The number of hydrogen-bond donors (Lipinski definition) is 3. The van der Waals surface area contributed by atoms with Crippen LogP contribution >= 0.6 is 0 Å². The Morgan fingerprint density at radius 2 is 1.41 bits per heavy atom. The first-order valence-electron chi connectivity index (χ1n) is 11.0. The SMILES string of the molecule is CCCCCCCCCCCC(=O)C(C)(CCCN)C(C)(CC)OS(=O)(=O)O.N. The summed E-state index contributed by atoms with van der Waals surface area (Å²) < 4.78 is 37.0. The predicted octanol–water partition coefficient (Wildman–Crippen LogP) is 5.37. The van der Waals surface area contributed by atoms with E-state index in [2.05, 4.69) is 6.92 Å². The second-order valence-corrected chi connectivity index (χ2v) is 9.34. The van der Waals surface area contributed by atoms with Gasteiger partial charge in [0.05, 0.1) is 11.0 Å². The number of ketones is 1. The van der Waals surface area contributed by atoms with Gasteiger partial charge in [0.1, 0.15) is 5.78 Å². The van der Waals surface area contributed by atoms with Gasteiger partial charge >= 0.3 is 10.4 Å². The highest BCUT2D eigenvalue weighted by Crippen LogP contribution is 2.43. The highest BCUT2D eigenvalue weighted by Gasteiger charge is 2.51. The fourth-order valence-electron chi connectivity index (χ4n) is 3.80. The molecule has 0 radical (unpaired) electrons. The standard InChI is InChI=1S/C21H43NO5S.H3N/c1-5-7-8-9-10-11-12-13-14-16-19(23)20(3,17-15-18-22)21(4,6-2)27-28(24,25)26;/h5-18,22H2,1-4H3,(H,24,25,26);1H3. The monoisotopic (exact) mass is 438 g/mol. The van der Waals surface area contributed by atoms with Crippen LogP contribution in [0.2, 0.25) is 0 Å². The zero-order valence-electron chi connectivity index (χ0n) is 19.2. The van der Waals surface area contributed by atoms with E-state index in [0.29, 0.717) is 25.8 Å². The van der Waals surface area contributed by atoms with E-state index in [9.17, 15) is 17.8 Å². The molecule has 0 heterocycles. The van der Waals surface area contributed by atoms with Gasteiger partial charge < -0.3 is 11.9 Å². The summed E-state index contributed by atoms with van der Waals surface area (Å²) in [6.07, 6.45) is 12.2. The summed E-state index contributed by atoms with van der Waals surface area (Å²) in [5.41, 5.74) is 3.31. The van der Waals surface area contributed by atoms with Gasteiger partial charge in [0, 0.05) is 6.42 Å². The molecule has 0 saturated carbocycles. The van der Waals surface area contributed by atoms with Crippen LogP contribution in [0.25, 0.3) is 0 Å². The van der Waals surface area contributed by atoms with Crippen LogP contribution < -0.4 is 11.9 Å². The maximum absolute atomic E-state index is 13.1. The Morgan fingerprint density at radius 3 is 1.83 bits per heavy atom. The molecule has 0 fully saturated rings. The molecule has 2 unspecified atom stereocenters. The molecular weight excluding hydrogens is 392 g/mol. The van der Waals surface area contributed by atoms with E-state index in [-0.39, 0.29) is 18.4 Å². The van der Waals surface area contributed by atoms with E-state index < -0.39 is 21.4 Å². The first-order chi connectivity index (χ1) is 13.1. The van der Waals surface area contributed by atoms with Gasteiger partial charge in [-0.1, -0.05) is 65.2 Å². The van der Waals surface area contributed by atoms with Crippen LogP contribution in [0.3, 0.4) is 0 Å². The molecular formula is C21H46N2O5S. The lowest BCUT2D eigenvalue weighted by molar-refractivity contribution is -0.142. The minimum Gasteiger partial charge on any atom is -0.344 e. The molecule has 0 aromatic carbocycles. The van der Waals surface area contributed by atoms with Crippen molar-refractivity contribution in [3.8, 4) is 0 Å². The fraction of sp³-hybridized carbons (Fsp3) is 0.952. The molecule has 0 saturated heterocycles. The van der Waals surface area contributed by atoms with Gasteiger partial charge in [0.15, 0.2) is 0 Å². The number of Topliss-reactive ketones (excluding diaryl/α,β-unsaturated/α-hetero) is 1. The van der Waals surface area contributed by atoms with E-state index in [1.807, 2.05) is 0 Å². The number of rotatable bonds is 18. The minimum atomic E-state index is -4.66. The van der Waals surface area contributed by atoms with Crippen LogP contribution in [0.1, 0.15) is 111 Å². The van der Waals surface area contributed by atoms with Crippen molar-refractivity contribution < 1.29 is 21.9 Å². The fourth-order valence-corrected chi connectivity index (χ4v) is 4.57. The second kappa shape index (κ2) is 15.3. The molecule has 2 atom stereocenters. The zero-order chi connectivity index (χ0) is 21.7. The highest BCUT2D eigenvalue weighted by atomic mass is 32.3. The topological polar surface area (TPSA) is 142 Å². The van der Waals surface area contributed by atoms with Crippen molar-refractivity contribution in [1.29, 1.82) is 0 Å². The average molecular weight is 439 g/mol. The van der Waals surface area contributed by atoms with E-state index in [0.717, 1.165) is 19.3 Å². The molecule has 0 aromatic rings. The summed E-state index contributed by atoms with van der Waals surface area (Å²) in [6, 6.07) is 0. The number of unbranched alkanes of at least 4 members (excludes halogenated alkanes) is 8. The molecule has 0 aromatic heterocycles. The summed E-state index contributed by atoms with van der Waals surface area (Å²) in [4.78, 5) is 13.1. The van der Waals surface area contributed by atoms with Crippen LogP contribution in [-0.4, -0.2) is 30.9 Å². The van der Waals surface area contributed by atoms with Gasteiger partial charge in [0.2, 0.25) is 0 Å². The van der Waals surface area contributed by atoms with E-state index >= 15 is 0 Å².